The molecule has 0 atom stereocenters. The molecule has 2 heterocycles. The van der Waals surface area contributed by atoms with Gasteiger partial charge < -0.3 is 4.98 Å². The summed E-state index contributed by atoms with van der Waals surface area (Å²) in [5.74, 6) is 0. The zero-order valence-corrected chi connectivity index (χ0v) is 17.9. The van der Waals surface area contributed by atoms with Crippen LogP contribution in [0.3, 0.4) is 0 Å². The number of fused-ring (bicyclic) bond motifs is 1. The van der Waals surface area contributed by atoms with Crippen LogP contribution in [-0.2, 0) is 10.0 Å². The summed E-state index contributed by atoms with van der Waals surface area (Å²) in [6.07, 6.45) is 4.56. The first-order valence-corrected chi connectivity index (χ1v) is 11.7. The van der Waals surface area contributed by atoms with E-state index in [1.54, 1.807) is 40.7 Å². The van der Waals surface area contributed by atoms with Crippen molar-refractivity contribution in [2.24, 2.45) is 0 Å². The quantitative estimate of drug-likeness (QED) is 0.531. The Labute approximate surface area is 179 Å². The number of aldehydes is 1. The molecule has 3 aromatic rings. The van der Waals surface area contributed by atoms with Gasteiger partial charge in [-0.05, 0) is 43.2 Å². The third-order valence-electron chi connectivity index (χ3n) is 5.34. The fraction of sp³-hybridized carbons (Fsp3) is 0.286. The average molecular weight is 451 g/mol. The van der Waals surface area contributed by atoms with Crippen molar-refractivity contribution in [1.29, 1.82) is 0 Å². The number of sulfonamides is 1. The van der Waals surface area contributed by atoms with Crippen molar-refractivity contribution >= 4 is 50.4 Å². The highest BCUT2D eigenvalue weighted by molar-refractivity contribution is 7.89. The van der Waals surface area contributed by atoms with Crippen molar-refractivity contribution in [3.05, 3.63) is 52.0 Å². The highest BCUT2D eigenvalue weighted by Crippen LogP contribution is 2.34. The predicted octanol–water partition coefficient (Wildman–Crippen LogP) is 5.52. The highest BCUT2D eigenvalue weighted by Gasteiger charge is 2.26. The molecule has 0 saturated carbocycles. The first-order chi connectivity index (χ1) is 13.9. The maximum absolute atomic E-state index is 13.1. The number of nitrogens with one attached hydrogen (secondary N) is 1. The Kier molecular flexibility index (Phi) is 5.71. The van der Waals surface area contributed by atoms with Gasteiger partial charge in [-0.15, -0.1) is 0 Å². The largest absolute Gasteiger partial charge is 0.354 e. The number of benzene rings is 2. The second-order valence-corrected chi connectivity index (χ2v) is 9.94. The van der Waals surface area contributed by atoms with Crippen LogP contribution in [0, 0.1) is 0 Å². The van der Waals surface area contributed by atoms with Gasteiger partial charge in [-0.25, -0.2) is 8.42 Å². The zero-order valence-electron chi connectivity index (χ0n) is 15.6. The molecule has 0 bridgehead atoms. The molecule has 0 unspecified atom stereocenters. The Bertz CT molecular complexity index is 1180. The molecule has 1 aromatic heterocycles. The third kappa shape index (κ3) is 3.82. The molecule has 1 N–H and O–H groups in total. The lowest BCUT2D eigenvalue weighted by Crippen LogP contribution is -2.31. The predicted molar refractivity (Wildman–Crippen MR) is 116 cm³/mol. The van der Waals surface area contributed by atoms with Crippen LogP contribution < -0.4 is 0 Å². The van der Waals surface area contributed by atoms with E-state index in [1.807, 2.05) is 0 Å². The molecule has 0 amide bonds. The molecule has 5 nitrogen and oxygen atoms in total. The van der Waals surface area contributed by atoms with Gasteiger partial charge in [0, 0.05) is 35.1 Å². The van der Waals surface area contributed by atoms with Crippen LogP contribution in [-0.4, -0.2) is 37.1 Å². The minimum Gasteiger partial charge on any atom is -0.354 e. The van der Waals surface area contributed by atoms with Crippen molar-refractivity contribution in [2.75, 3.05) is 13.1 Å². The fourth-order valence-corrected chi connectivity index (χ4v) is 5.63. The molecule has 1 fully saturated rings. The minimum absolute atomic E-state index is 0.203. The number of rotatable bonds is 4. The van der Waals surface area contributed by atoms with E-state index in [-0.39, 0.29) is 4.90 Å². The molecule has 152 valence electrons. The van der Waals surface area contributed by atoms with E-state index in [4.69, 9.17) is 23.2 Å². The van der Waals surface area contributed by atoms with E-state index in [0.29, 0.717) is 50.9 Å². The van der Waals surface area contributed by atoms with E-state index >= 15 is 0 Å². The molecule has 8 heteroatoms. The molecule has 1 aliphatic rings. The number of nitrogens with zero attached hydrogens (tertiary/aromatic N) is 1. The number of H-pyrrole nitrogens is 1. The fourth-order valence-electron chi connectivity index (χ4n) is 3.79. The lowest BCUT2D eigenvalue weighted by molar-refractivity contribution is 0.112. The standard InChI is InChI=1S/C21H20Cl2N2O3S/c22-18-7-5-14(11-19(18)23)21-17(13-26)16-12-15(6-8-20(16)24-21)29(27,28)25-9-3-1-2-4-10-25/h5-8,11-13,24H,1-4,9-10H2. The van der Waals surface area contributed by atoms with Gasteiger partial charge in [-0.3, -0.25) is 4.79 Å². The maximum Gasteiger partial charge on any atom is 0.243 e. The van der Waals surface area contributed by atoms with Crippen LogP contribution in [0.4, 0.5) is 0 Å². The number of aromatic amines is 1. The van der Waals surface area contributed by atoms with Crippen LogP contribution in [0.25, 0.3) is 22.2 Å². The summed E-state index contributed by atoms with van der Waals surface area (Å²) in [7, 11) is -3.60. The zero-order chi connectivity index (χ0) is 20.6. The van der Waals surface area contributed by atoms with E-state index in [2.05, 4.69) is 4.98 Å². The number of aromatic nitrogens is 1. The number of carbonyl (C=O) groups is 1. The Balaban J connectivity index is 1.81. The second-order valence-electron chi connectivity index (χ2n) is 7.19. The van der Waals surface area contributed by atoms with Crippen molar-refractivity contribution in [2.45, 2.75) is 30.6 Å². The van der Waals surface area contributed by atoms with Gasteiger partial charge in [0.1, 0.15) is 0 Å². The summed E-state index contributed by atoms with van der Waals surface area (Å²) in [6, 6.07) is 9.98. The first kappa shape index (κ1) is 20.4. The molecule has 29 heavy (non-hydrogen) atoms. The van der Waals surface area contributed by atoms with Gasteiger partial charge in [0.2, 0.25) is 10.0 Å². The third-order valence-corrected chi connectivity index (χ3v) is 7.97. The molecule has 1 saturated heterocycles. The molecule has 2 aromatic carbocycles. The molecule has 0 spiro atoms. The molecule has 0 radical (unpaired) electrons. The van der Waals surface area contributed by atoms with Gasteiger partial charge in [0.05, 0.1) is 20.6 Å². The number of halogens is 2. The summed E-state index contributed by atoms with van der Waals surface area (Å²) in [5.41, 5.74) is 2.36. The summed E-state index contributed by atoms with van der Waals surface area (Å²) in [6.45, 7) is 1.06. The number of hydrogen-bond donors (Lipinski definition) is 1. The van der Waals surface area contributed by atoms with Crippen molar-refractivity contribution in [1.82, 2.24) is 9.29 Å². The molecule has 1 aliphatic heterocycles. The van der Waals surface area contributed by atoms with Crippen LogP contribution >= 0.6 is 23.2 Å². The van der Waals surface area contributed by atoms with E-state index < -0.39 is 10.0 Å². The van der Waals surface area contributed by atoms with Crippen LogP contribution in [0.1, 0.15) is 36.0 Å². The second kappa shape index (κ2) is 8.11. The minimum atomic E-state index is -3.60. The van der Waals surface area contributed by atoms with E-state index in [1.165, 1.54) is 0 Å². The average Bonchev–Trinajstić information content (AvgIpc) is 2.87. The van der Waals surface area contributed by atoms with Crippen LogP contribution in [0.5, 0.6) is 0 Å². The summed E-state index contributed by atoms with van der Waals surface area (Å²) in [4.78, 5) is 15.3. The monoisotopic (exact) mass is 450 g/mol. The molecular formula is C21H20Cl2N2O3S. The summed E-state index contributed by atoms with van der Waals surface area (Å²) in [5, 5.41) is 1.37. The van der Waals surface area contributed by atoms with Crippen LogP contribution in [0.15, 0.2) is 41.3 Å². The molecule has 0 aliphatic carbocycles. The van der Waals surface area contributed by atoms with Crippen molar-refractivity contribution < 1.29 is 13.2 Å². The molecule has 4 rings (SSSR count). The van der Waals surface area contributed by atoms with Crippen molar-refractivity contribution in [3.8, 4) is 11.3 Å². The van der Waals surface area contributed by atoms with Gasteiger partial charge in [0.25, 0.3) is 0 Å². The SMILES string of the molecule is O=Cc1c(-c2ccc(Cl)c(Cl)c2)[nH]c2ccc(S(=O)(=O)N3CCCCCC3)cc12. The van der Waals surface area contributed by atoms with Gasteiger partial charge in [-0.1, -0.05) is 42.1 Å². The lowest BCUT2D eigenvalue weighted by Gasteiger charge is -2.20. The maximum atomic E-state index is 13.1. The van der Waals surface area contributed by atoms with Gasteiger partial charge in [0.15, 0.2) is 6.29 Å². The Morgan fingerprint density at radius 1 is 0.931 bits per heavy atom. The van der Waals surface area contributed by atoms with Gasteiger partial charge >= 0.3 is 0 Å². The smallest absolute Gasteiger partial charge is 0.243 e. The Morgan fingerprint density at radius 2 is 1.66 bits per heavy atom. The summed E-state index contributed by atoms with van der Waals surface area (Å²) >= 11 is 12.1. The van der Waals surface area contributed by atoms with Crippen LogP contribution in [0.2, 0.25) is 10.0 Å². The Hall–Kier alpha value is -1.86. The first-order valence-electron chi connectivity index (χ1n) is 9.48. The van der Waals surface area contributed by atoms with E-state index in [0.717, 1.165) is 32.0 Å². The highest BCUT2D eigenvalue weighted by atomic mass is 35.5. The number of carbonyl (C=O) groups excluding carboxylic acids is 1. The van der Waals surface area contributed by atoms with Gasteiger partial charge in [-0.2, -0.15) is 4.31 Å². The normalized spacial score (nSPS) is 16.1. The Morgan fingerprint density at radius 3 is 2.31 bits per heavy atom. The lowest BCUT2D eigenvalue weighted by atomic mass is 10.1. The van der Waals surface area contributed by atoms with Crippen molar-refractivity contribution in [3.63, 3.8) is 0 Å². The number of hydrogen-bond acceptors (Lipinski definition) is 3. The summed E-state index contributed by atoms with van der Waals surface area (Å²) < 4.78 is 27.8. The topological polar surface area (TPSA) is 70.2 Å². The van der Waals surface area contributed by atoms with E-state index in [9.17, 15) is 13.2 Å². The molecular weight excluding hydrogens is 431 g/mol.